The molecule has 1 aliphatic heterocycles. The summed E-state index contributed by atoms with van der Waals surface area (Å²) >= 11 is 0. The quantitative estimate of drug-likeness (QED) is 0.924. The summed E-state index contributed by atoms with van der Waals surface area (Å²) in [7, 11) is 0. The number of amides is 1. The number of carbonyl (C=O) groups is 1. The molecule has 1 fully saturated rings. The van der Waals surface area contributed by atoms with Gasteiger partial charge in [-0.3, -0.25) is 4.79 Å². The smallest absolute Gasteiger partial charge is 0.250 e. The molecule has 0 radical (unpaired) electrons. The number of benzene rings is 1. The van der Waals surface area contributed by atoms with Crippen molar-refractivity contribution in [3.63, 3.8) is 0 Å². The van der Waals surface area contributed by atoms with E-state index in [0.717, 1.165) is 12.8 Å². The van der Waals surface area contributed by atoms with E-state index in [4.69, 9.17) is 14.7 Å². The number of ether oxygens (including phenoxy) is 2. The van der Waals surface area contributed by atoms with E-state index in [9.17, 15) is 4.79 Å². The lowest BCUT2D eigenvalue weighted by Crippen LogP contribution is -2.35. The van der Waals surface area contributed by atoms with Gasteiger partial charge in [0.25, 0.3) is 0 Å². The largest absolute Gasteiger partial charge is 0.375 e. The molecule has 1 aromatic carbocycles. The Hall–Kier alpha value is -1.90. The minimum Gasteiger partial charge on any atom is -0.375 e. The van der Waals surface area contributed by atoms with Gasteiger partial charge in [-0.15, -0.1) is 0 Å². The number of nitriles is 1. The molecule has 0 saturated carbocycles. The molecule has 1 aromatic rings. The zero-order chi connectivity index (χ0) is 15.2. The van der Waals surface area contributed by atoms with Crippen molar-refractivity contribution in [2.45, 2.75) is 45.0 Å². The molecular formula is C16H20N2O3. The summed E-state index contributed by atoms with van der Waals surface area (Å²) in [6, 6.07) is 8.95. The van der Waals surface area contributed by atoms with Gasteiger partial charge < -0.3 is 14.8 Å². The summed E-state index contributed by atoms with van der Waals surface area (Å²) in [4.78, 5) is 11.9. The molecular weight excluding hydrogens is 268 g/mol. The van der Waals surface area contributed by atoms with Gasteiger partial charge in [-0.2, -0.15) is 5.26 Å². The first-order valence-corrected chi connectivity index (χ1v) is 7.14. The summed E-state index contributed by atoms with van der Waals surface area (Å²) in [6.45, 7) is 4.01. The monoisotopic (exact) mass is 288 g/mol. The van der Waals surface area contributed by atoms with Crippen molar-refractivity contribution in [2.75, 3.05) is 11.9 Å². The Kier molecular flexibility index (Phi) is 5.32. The van der Waals surface area contributed by atoms with Crippen LogP contribution < -0.4 is 5.32 Å². The second-order valence-electron chi connectivity index (χ2n) is 5.37. The Labute approximate surface area is 124 Å². The van der Waals surface area contributed by atoms with Crippen molar-refractivity contribution in [2.24, 2.45) is 0 Å². The fourth-order valence-electron chi connectivity index (χ4n) is 2.55. The van der Waals surface area contributed by atoms with Crippen molar-refractivity contribution in [1.82, 2.24) is 0 Å². The lowest BCUT2D eigenvalue weighted by Gasteiger charge is -2.31. The lowest BCUT2D eigenvalue weighted by molar-refractivity contribution is -0.131. The van der Waals surface area contributed by atoms with Gasteiger partial charge in [0, 0.05) is 0 Å². The van der Waals surface area contributed by atoms with Crippen LogP contribution in [-0.2, 0) is 14.3 Å². The molecule has 0 spiro atoms. The predicted molar refractivity (Wildman–Crippen MR) is 78.8 cm³/mol. The van der Waals surface area contributed by atoms with Crippen LogP contribution in [0.4, 0.5) is 5.69 Å². The third-order valence-corrected chi connectivity index (χ3v) is 3.43. The molecule has 1 saturated heterocycles. The van der Waals surface area contributed by atoms with Crippen LogP contribution in [0.25, 0.3) is 0 Å². The highest BCUT2D eigenvalue weighted by Crippen LogP contribution is 2.21. The third kappa shape index (κ3) is 4.55. The molecule has 1 N–H and O–H groups in total. The topological polar surface area (TPSA) is 71.3 Å². The number of hydrogen-bond donors (Lipinski definition) is 1. The lowest BCUT2D eigenvalue weighted by atomic mass is 10.0. The Morgan fingerprint density at radius 3 is 2.71 bits per heavy atom. The summed E-state index contributed by atoms with van der Waals surface area (Å²) in [6.07, 6.45) is 1.95. The van der Waals surface area contributed by atoms with E-state index in [1.54, 1.807) is 24.3 Å². The van der Waals surface area contributed by atoms with Crippen LogP contribution in [0.5, 0.6) is 0 Å². The average molecular weight is 288 g/mol. The third-order valence-electron chi connectivity index (χ3n) is 3.43. The van der Waals surface area contributed by atoms with Gasteiger partial charge in [0.2, 0.25) is 5.91 Å². The molecule has 0 bridgehead atoms. The molecule has 1 aliphatic rings. The number of para-hydroxylation sites is 1. The Morgan fingerprint density at radius 1 is 1.38 bits per heavy atom. The summed E-state index contributed by atoms with van der Waals surface area (Å²) in [5.41, 5.74) is 0.960. The van der Waals surface area contributed by atoms with Crippen LogP contribution >= 0.6 is 0 Å². The van der Waals surface area contributed by atoms with E-state index in [-0.39, 0.29) is 30.8 Å². The predicted octanol–water partition coefficient (Wildman–Crippen LogP) is 2.47. The van der Waals surface area contributed by atoms with E-state index in [1.807, 2.05) is 19.9 Å². The van der Waals surface area contributed by atoms with Gasteiger partial charge in [0.15, 0.2) is 0 Å². The normalized spacial score (nSPS) is 25.1. The van der Waals surface area contributed by atoms with Crippen molar-refractivity contribution in [3.05, 3.63) is 29.8 Å². The van der Waals surface area contributed by atoms with Gasteiger partial charge in [0.05, 0.1) is 29.6 Å². The number of hydrogen-bond acceptors (Lipinski definition) is 4. The fourth-order valence-corrected chi connectivity index (χ4v) is 2.55. The maximum atomic E-state index is 11.9. The molecule has 2 rings (SSSR count). The van der Waals surface area contributed by atoms with Gasteiger partial charge in [-0.25, -0.2) is 0 Å². The van der Waals surface area contributed by atoms with E-state index in [0.29, 0.717) is 11.3 Å². The van der Waals surface area contributed by atoms with Crippen LogP contribution in [0.1, 0.15) is 32.3 Å². The van der Waals surface area contributed by atoms with Crippen molar-refractivity contribution < 1.29 is 14.3 Å². The Balaban J connectivity index is 1.84. The van der Waals surface area contributed by atoms with Crippen LogP contribution in [0.2, 0.25) is 0 Å². The molecule has 5 nitrogen and oxygen atoms in total. The highest BCUT2D eigenvalue weighted by Gasteiger charge is 2.25. The van der Waals surface area contributed by atoms with E-state index in [2.05, 4.69) is 5.32 Å². The number of nitrogens with one attached hydrogen (secondary N) is 1. The number of carbonyl (C=O) groups excluding carboxylic acids is 1. The minimum atomic E-state index is -0.246. The molecule has 21 heavy (non-hydrogen) atoms. The van der Waals surface area contributed by atoms with Crippen LogP contribution in [-0.4, -0.2) is 30.8 Å². The Bertz CT molecular complexity index is 529. The highest BCUT2D eigenvalue weighted by atomic mass is 16.5. The first-order chi connectivity index (χ1) is 10.1. The standard InChI is InChI=1S/C16H20N2O3/c1-11-7-14(8-12(2)21-11)20-10-16(19)18-15-6-4-3-5-13(15)9-17/h3-6,11-12,14H,7-8,10H2,1-2H3,(H,18,19). The first-order valence-electron chi connectivity index (χ1n) is 7.14. The minimum absolute atomic E-state index is 0.0101. The maximum absolute atomic E-state index is 11.9. The van der Waals surface area contributed by atoms with Crippen molar-refractivity contribution in [1.29, 1.82) is 5.26 Å². The zero-order valence-corrected chi connectivity index (χ0v) is 12.3. The fraction of sp³-hybridized carbons (Fsp3) is 0.500. The van der Waals surface area contributed by atoms with Crippen LogP contribution in [0.3, 0.4) is 0 Å². The summed E-state index contributed by atoms with van der Waals surface area (Å²) < 4.78 is 11.3. The molecule has 1 heterocycles. The Morgan fingerprint density at radius 2 is 2.05 bits per heavy atom. The summed E-state index contributed by atoms with van der Waals surface area (Å²) in [5.74, 6) is -0.246. The first kappa shape index (κ1) is 15.5. The summed E-state index contributed by atoms with van der Waals surface area (Å²) in [5, 5.41) is 11.7. The van der Waals surface area contributed by atoms with Gasteiger partial charge in [0.1, 0.15) is 12.7 Å². The van der Waals surface area contributed by atoms with Crippen molar-refractivity contribution >= 4 is 11.6 Å². The van der Waals surface area contributed by atoms with Crippen molar-refractivity contribution in [3.8, 4) is 6.07 Å². The van der Waals surface area contributed by atoms with Crippen LogP contribution in [0.15, 0.2) is 24.3 Å². The number of rotatable bonds is 4. The second-order valence-corrected chi connectivity index (χ2v) is 5.37. The SMILES string of the molecule is CC1CC(OCC(=O)Nc2ccccc2C#N)CC(C)O1. The molecule has 1 amide bonds. The van der Waals surface area contributed by atoms with E-state index in [1.165, 1.54) is 0 Å². The number of nitrogens with zero attached hydrogens (tertiary/aromatic N) is 1. The van der Waals surface area contributed by atoms with E-state index >= 15 is 0 Å². The molecule has 5 heteroatoms. The zero-order valence-electron chi connectivity index (χ0n) is 12.3. The van der Waals surface area contributed by atoms with Crippen LogP contribution in [0, 0.1) is 11.3 Å². The molecule has 2 unspecified atom stereocenters. The molecule has 0 aliphatic carbocycles. The average Bonchev–Trinajstić information content (AvgIpc) is 2.45. The molecule has 0 aromatic heterocycles. The highest BCUT2D eigenvalue weighted by molar-refractivity contribution is 5.92. The van der Waals surface area contributed by atoms with Gasteiger partial charge in [-0.1, -0.05) is 12.1 Å². The number of anilines is 1. The van der Waals surface area contributed by atoms with E-state index < -0.39 is 0 Å². The molecule has 2 atom stereocenters. The van der Waals surface area contributed by atoms with Gasteiger partial charge in [-0.05, 0) is 38.8 Å². The van der Waals surface area contributed by atoms with Gasteiger partial charge >= 0.3 is 0 Å². The second kappa shape index (κ2) is 7.21. The molecule has 112 valence electrons. The maximum Gasteiger partial charge on any atom is 0.250 e.